The number of halogens is 1. The van der Waals surface area contributed by atoms with E-state index < -0.39 is 70.0 Å². The van der Waals surface area contributed by atoms with Crippen molar-refractivity contribution < 1.29 is 39.2 Å². The van der Waals surface area contributed by atoms with Crippen molar-refractivity contribution in [3.63, 3.8) is 0 Å². The van der Waals surface area contributed by atoms with Gasteiger partial charge in [0.2, 0.25) is 5.78 Å². The van der Waals surface area contributed by atoms with Crippen LogP contribution in [0.3, 0.4) is 0 Å². The van der Waals surface area contributed by atoms with Gasteiger partial charge in [-0.15, -0.1) is 0 Å². The maximum Gasteiger partial charge on any atom is 0.255 e. The minimum absolute atomic E-state index is 0.0371. The minimum atomic E-state index is -2.63. The van der Waals surface area contributed by atoms with Gasteiger partial charge in [-0.2, -0.15) is 0 Å². The van der Waals surface area contributed by atoms with Crippen molar-refractivity contribution in [3.8, 4) is 5.75 Å². The van der Waals surface area contributed by atoms with Crippen molar-refractivity contribution in [2.45, 2.75) is 64.0 Å². The molecule has 3 atom stereocenters. The summed E-state index contributed by atoms with van der Waals surface area (Å²) < 4.78 is 15.7. The summed E-state index contributed by atoms with van der Waals surface area (Å²) in [6.07, 6.45) is 3.93. The second kappa shape index (κ2) is 8.66. The quantitative estimate of drug-likeness (QED) is 0.314. The van der Waals surface area contributed by atoms with E-state index in [1.54, 1.807) is 0 Å². The van der Waals surface area contributed by atoms with Gasteiger partial charge in [0, 0.05) is 42.1 Å². The number of benzene rings is 1. The van der Waals surface area contributed by atoms with Crippen LogP contribution in [0.4, 0.5) is 4.39 Å². The van der Waals surface area contributed by atoms with Crippen LogP contribution < -0.4 is 11.1 Å². The Balaban J connectivity index is 1.51. The van der Waals surface area contributed by atoms with Crippen LogP contribution >= 0.6 is 0 Å². The average Bonchev–Trinajstić information content (AvgIpc) is 2.80. The number of fused-ring (bicyclic) bond motifs is 3. The standard InChI is InChI=1S/C27H31FN2O7/c1-2-26(4-3-5-26)11-30-10-13-8-16(31)19-15(21(13)28)7-12-6-14-9-17(32)20(25(29)36)24(35)27(14,37)23(34)18(12)22(19)33/h8,12,14,30-31,33,35,37H,2-7,9-11H2,1H3,(H2,29,36)/t12?,14-,27-/m0/s1. The number of amides is 1. The van der Waals surface area contributed by atoms with E-state index in [4.69, 9.17) is 5.73 Å². The fourth-order valence-corrected chi connectivity index (χ4v) is 6.65. The molecule has 1 aromatic carbocycles. The molecule has 7 N–H and O–H groups in total. The highest BCUT2D eigenvalue weighted by molar-refractivity contribution is 6.22. The molecule has 0 bridgehead atoms. The zero-order valence-electron chi connectivity index (χ0n) is 20.6. The van der Waals surface area contributed by atoms with Gasteiger partial charge in [-0.1, -0.05) is 13.3 Å². The minimum Gasteiger partial charge on any atom is -0.508 e. The molecule has 0 aliphatic heterocycles. The number of carbonyl (C=O) groups excluding carboxylic acids is 3. The van der Waals surface area contributed by atoms with Gasteiger partial charge in [0.05, 0.1) is 5.56 Å². The summed E-state index contributed by atoms with van der Waals surface area (Å²) in [5, 5.41) is 46.9. The van der Waals surface area contributed by atoms with Crippen molar-refractivity contribution >= 4 is 23.2 Å². The van der Waals surface area contributed by atoms with Crippen LogP contribution in [0.1, 0.15) is 62.1 Å². The molecule has 0 aromatic heterocycles. The predicted molar refractivity (Wildman–Crippen MR) is 130 cm³/mol. The van der Waals surface area contributed by atoms with Gasteiger partial charge in [-0.25, -0.2) is 4.39 Å². The van der Waals surface area contributed by atoms with Crippen LogP contribution in [-0.4, -0.2) is 50.0 Å². The normalized spacial score (nSPS) is 28.4. The second-order valence-corrected chi connectivity index (χ2v) is 10.9. The first kappa shape index (κ1) is 25.4. The van der Waals surface area contributed by atoms with Gasteiger partial charge >= 0.3 is 0 Å². The first-order chi connectivity index (χ1) is 17.4. The molecule has 4 aliphatic rings. The predicted octanol–water partition coefficient (Wildman–Crippen LogP) is 2.23. The lowest BCUT2D eigenvalue weighted by Gasteiger charge is -2.46. The molecule has 0 spiro atoms. The third kappa shape index (κ3) is 3.60. The van der Waals surface area contributed by atoms with E-state index in [1.807, 2.05) is 0 Å². The number of aliphatic hydroxyl groups excluding tert-OH is 2. The molecule has 10 heteroatoms. The van der Waals surface area contributed by atoms with Crippen LogP contribution in [0.5, 0.6) is 5.75 Å². The summed E-state index contributed by atoms with van der Waals surface area (Å²) >= 11 is 0. The molecule has 2 saturated carbocycles. The summed E-state index contributed by atoms with van der Waals surface area (Å²) in [6, 6.07) is 1.21. The highest BCUT2D eigenvalue weighted by Crippen LogP contribution is 2.52. The van der Waals surface area contributed by atoms with Gasteiger partial charge in [0.15, 0.2) is 11.4 Å². The molecule has 198 valence electrons. The molecule has 1 aromatic rings. The van der Waals surface area contributed by atoms with E-state index in [2.05, 4.69) is 12.2 Å². The Hall–Kier alpha value is -3.24. The SMILES string of the molecule is CCC1(CNCc2cc(O)c3c(c2F)CC2C[C@H]4CC(=O)C(C(N)=O)=C(O)[C@@]4(O)C(=O)C2=C3O)CCC1. The molecule has 0 radical (unpaired) electrons. The van der Waals surface area contributed by atoms with Crippen LogP contribution in [0, 0.1) is 23.1 Å². The van der Waals surface area contributed by atoms with Gasteiger partial charge in [-0.3, -0.25) is 14.4 Å². The first-order valence-electron chi connectivity index (χ1n) is 12.7. The maximum atomic E-state index is 15.7. The molecule has 5 rings (SSSR count). The first-order valence-corrected chi connectivity index (χ1v) is 12.7. The fraction of sp³-hybridized carbons (Fsp3) is 0.519. The molecular formula is C27H31FN2O7. The maximum absolute atomic E-state index is 15.7. The largest absolute Gasteiger partial charge is 0.508 e. The average molecular weight is 515 g/mol. The molecule has 2 fully saturated rings. The Labute approximate surface area is 212 Å². The Morgan fingerprint density at radius 1 is 1.22 bits per heavy atom. The number of hydrogen-bond acceptors (Lipinski definition) is 8. The molecule has 1 amide bonds. The third-order valence-corrected chi connectivity index (χ3v) is 9.05. The Bertz CT molecular complexity index is 1290. The summed E-state index contributed by atoms with van der Waals surface area (Å²) in [6.45, 7) is 3.04. The highest BCUT2D eigenvalue weighted by atomic mass is 19.1. The second-order valence-electron chi connectivity index (χ2n) is 10.9. The molecule has 9 nitrogen and oxygen atoms in total. The number of nitrogens with two attached hydrogens (primary N) is 1. The summed E-state index contributed by atoms with van der Waals surface area (Å²) in [7, 11) is 0. The smallest absolute Gasteiger partial charge is 0.255 e. The topological polar surface area (TPSA) is 170 Å². The van der Waals surface area contributed by atoms with Crippen LogP contribution in [0.25, 0.3) is 5.76 Å². The lowest BCUT2D eigenvalue weighted by atomic mass is 9.59. The van der Waals surface area contributed by atoms with Crippen LogP contribution in [0.15, 0.2) is 23.0 Å². The Morgan fingerprint density at radius 3 is 2.51 bits per heavy atom. The van der Waals surface area contributed by atoms with Gasteiger partial charge < -0.3 is 31.5 Å². The van der Waals surface area contributed by atoms with Crippen molar-refractivity contribution in [1.29, 1.82) is 0 Å². The van der Waals surface area contributed by atoms with Gasteiger partial charge in [0.25, 0.3) is 5.91 Å². The lowest BCUT2D eigenvalue weighted by molar-refractivity contribution is -0.147. The fourth-order valence-electron chi connectivity index (χ4n) is 6.65. The zero-order valence-corrected chi connectivity index (χ0v) is 20.6. The zero-order chi connectivity index (χ0) is 26.9. The molecule has 37 heavy (non-hydrogen) atoms. The van der Waals surface area contributed by atoms with Crippen LogP contribution in [0.2, 0.25) is 0 Å². The van der Waals surface area contributed by atoms with Crippen molar-refractivity contribution in [2.75, 3.05) is 6.54 Å². The van der Waals surface area contributed by atoms with Gasteiger partial charge in [0.1, 0.15) is 28.7 Å². The number of phenols is 1. The molecule has 4 aliphatic carbocycles. The molecule has 1 unspecified atom stereocenters. The van der Waals surface area contributed by atoms with E-state index in [0.29, 0.717) is 0 Å². The summed E-state index contributed by atoms with van der Waals surface area (Å²) in [5.74, 6) is -7.87. The summed E-state index contributed by atoms with van der Waals surface area (Å²) in [5.41, 5.74) is 1.68. The van der Waals surface area contributed by atoms with E-state index in [9.17, 15) is 34.8 Å². The monoisotopic (exact) mass is 514 g/mol. The number of hydrogen-bond donors (Lipinski definition) is 6. The number of ketones is 2. The van der Waals surface area contributed by atoms with E-state index in [1.165, 1.54) is 12.5 Å². The van der Waals surface area contributed by atoms with E-state index in [-0.39, 0.29) is 47.1 Å². The Morgan fingerprint density at radius 2 is 1.92 bits per heavy atom. The molecule has 0 heterocycles. The number of rotatable bonds is 6. The van der Waals surface area contributed by atoms with Crippen molar-refractivity contribution in [2.24, 2.45) is 23.0 Å². The third-order valence-electron chi connectivity index (χ3n) is 9.05. The number of aromatic hydroxyl groups is 1. The number of phenolic OH excluding ortho intramolecular Hbond substituents is 1. The van der Waals surface area contributed by atoms with E-state index in [0.717, 1.165) is 25.8 Å². The highest BCUT2D eigenvalue weighted by Gasteiger charge is 2.60. The lowest BCUT2D eigenvalue weighted by Crippen LogP contribution is -2.58. The number of primary amides is 1. The number of carbonyl (C=O) groups is 3. The summed E-state index contributed by atoms with van der Waals surface area (Å²) in [4.78, 5) is 37.6. The van der Waals surface area contributed by atoms with E-state index >= 15 is 4.39 Å². The number of aliphatic hydroxyl groups is 3. The molecule has 0 saturated heterocycles. The molecular weight excluding hydrogens is 483 g/mol. The van der Waals surface area contributed by atoms with Crippen molar-refractivity contribution in [1.82, 2.24) is 5.32 Å². The number of Topliss-reactive ketones (excluding diaryl/α,β-unsaturated/α-hetero) is 2. The van der Waals surface area contributed by atoms with Gasteiger partial charge in [-0.05, 0) is 49.5 Å². The van der Waals surface area contributed by atoms with Crippen molar-refractivity contribution in [3.05, 3.63) is 45.5 Å². The number of nitrogens with one attached hydrogen (secondary N) is 1. The van der Waals surface area contributed by atoms with Crippen LogP contribution in [-0.2, 0) is 27.3 Å². The Kier molecular flexibility index (Phi) is 5.95.